The predicted molar refractivity (Wildman–Crippen MR) is 221 cm³/mol. The van der Waals surface area contributed by atoms with E-state index in [0.717, 1.165) is 18.2 Å². The van der Waals surface area contributed by atoms with E-state index in [-0.39, 0.29) is 66.5 Å². The molecule has 1 aromatic carbocycles. The summed E-state index contributed by atoms with van der Waals surface area (Å²) < 4.78 is 82.5. The Hall–Kier alpha value is -3.85. The first-order chi connectivity index (χ1) is 29.8. The molecule has 1 aliphatic heterocycles. The Kier molecular flexibility index (Phi) is 13.6. The zero-order chi connectivity index (χ0) is 45.6. The van der Waals surface area contributed by atoms with Crippen LogP contribution in [0.1, 0.15) is 83.5 Å². The predicted octanol–water partition coefficient (Wildman–Crippen LogP) is 4.76. The molecule has 344 valence electrons. The lowest BCUT2D eigenvalue weighted by Gasteiger charge is -2.63. The summed E-state index contributed by atoms with van der Waals surface area (Å²) in [5.74, 6) is -5.90. The number of alkyl halides is 4. The van der Waals surface area contributed by atoms with Crippen molar-refractivity contribution < 1.29 is 70.8 Å². The van der Waals surface area contributed by atoms with Gasteiger partial charge in [0.2, 0.25) is 22.8 Å². The van der Waals surface area contributed by atoms with Gasteiger partial charge in [-0.3, -0.25) is 28.8 Å². The Morgan fingerprint density at radius 1 is 1.08 bits per heavy atom. The number of nitrogens with one attached hydrogen (secondary N) is 3. The number of thioether (sulfide) groups is 1. The molecular weight excluding hydrogens is 922 g/mol. The van der Waals surface area contributed by atoms with E-state index in [0.29, 0.717) is 37.4 Å². The van der Waals surface area contributed by atoms with Gasteiger partial charge in [-0.1, -0.05) is 40.7 Å². The molecule has 5 fully saturated rings. The third kappa shape index (κ3) is 8.35. The zero-order valence-electron chi connectivity index (χ0n) is 34.5. The van der Waals surface area contributed by atoms with Crippen molar-refractivity contribution in [2.24, 2.45) is 22.7 Å². The highest BCUT2D eigenvalue weighted by Crippen LogP contribution is 2.73. The van der Waals surface area contributed by atoms with Crippen LogP contribution in [-0.2, 0) is 38.2 Å². The number of hydrogen-bond acceptors (Lipinski definition) is 11. The third-order valence-electron chi connectivity index (χ3n) is 14.3. The van der Waals surface area contributed by atoms with E-state index < -0.39 is 118 Å². The average Bonchev–Trinajstić information content (AvgIpc) is 3.73. The number of aliphatic hydroxyl groups excluding tert-OH is 1. The van der Waals surface area contributed by atoms with Gasteiger partial charge in [0.15, 0.2) is 23.3 Å². The highest BCUT2D eigenvalue weighted by Gasteiger charge is 2.80. The number of carboxylic acids is 1. The van der Waals surface area contributed by atoms with Crippen LogP contribution in [0.2, 0.25) is 0 Å². The van der Waals surface area contributed by atoms with Crippen LogP contribution in [0.25, 0.3) is 0 Å². The minimum absolute atomic E-state index is 0.0263. The van der Waals surface area contributed by atoms with Crippen molar-refractivity contribution in [3.63, 3.8) is 0 Å². The number of aliphatic carboxylic acids is 1. The number of halogens is 5. The maximum atomic E-state index is 17.8. The number of ketones is 1. The van der Waals surface area contributed by atoms with Gasteiger partial charge in [0.05, 0.1) is 30.2 Å². The summed E-state index contributed by atoms with van der Waals surface area (Å²) in [5, 5.41) is 27.8. The molecule has 0 bridgehead atoms. The van der Waals surface area contributed by atoms with Crippen molar-refractivity contribution >= 4 is 62.3 Å². The molecule has 5 aliphatic carbocycles. The van der Waals surface area contributed by atoms with Crippen LogP contribution in [0.15, 0.2) is 42.0 Å². The first-order valence-electron chi connectivity index (χ1n) is 20.9. The maximum Gasteiger partial charge on any atom is 0.303 e. The number of carboxylic acid groups (broad SMARTS) is 1. The summed E-state index contributed by atoms with van der Waals surface area (Å²) in [4.78, 5) is 74.4. The van der Waals surface area contributed by atoms with E-state index >= 15 is 13.2 Å². The Balaban J connectivity index is 1.01. The van der Waals surface area contributed by atoms with Gasteiger partial charge in [-0.25, -0.2) is 17.6 Å². The molecule has 0 unspecified atom stereocenters. The first kappa shape index (κ1) is 47.1. The van der Waals surface area contributed by atoms with Gasteiger partial charge < -0.3 is 40.4 Å². The summed E-state index contributed by atoms with van der Waals surface area (Å²) >= 11 is 3.29. The lowest BCUT2D eigenvalue weighted by molar-refractivity contribution is -0.232. The first-order valence-corrected chi connectivity index (χ1v) is 23.0. The molecule has 0 aromatic heterocycles. The molecule has 11 atom stereocenters. The topological polar surface area (TPSA) is 207 Å². The Morgan fingerprint density at radius 2 is 1.81 bits per heavy atom. The van der Waals surface area contributed by atoms with Gasteiger partial charge in [0.1, 0.15) is 29.8 Å². The molecular formula is C43H50BrF4N3O11S. The summed E-state index contributed by atoms with van der Waals surface area (Å²) in [6, 6.07) is 1.40. The lowest BCUT2D eigenvalue weighted by atomic mass is 9.44. The van der Waals surface area contributed by atoms with Crippen molar-refractivity contribution in [3.05, 3.63) is 53.4 Å². The second kappa shape index (κ2) is 18.2. The number of benzene rings is 1. The number of rotatable bonds is 14. The minimum atomic E-state index is -2.44. The van der Waals surface area contributed by atoms with Crippen molar-refractivity contribution in [2.75, 3.05) is 17.9 Å². The van der Waals surface area contributed by atoms with Gasteiger partial charge in [-0.2, -0.15) is 0 Å². The van der Waals surface area contributed by atoms with Crippen LogP contribution < -0.4 is 20.7 Å². The van der Waals surface area contributed by atoms with Crippen LogP contribution in [0, 0.1) is 28.5 Å². The monoisotopic (exact) mass is 971 g/mol. The third-order valence-corrected chi connectivity index (χ3v) is 15.5. The number of fused-ring (bicyclic) bond motifs is 7. The standard InChI is InChI=1S/C43H50BrF4N3O11S/c1-40-12-11-22(52)13-28(40)30(47)15-27-26-16-33-43(39(59)63-20-45,41(26,2)17-32(53)42(27,40)48)62-38(61-33)25-8-7-24(14-29(25)46)60-23-5-3-21(4-6-23)50-37(58)31(9-10-36(56)57)51-35(55)19-49-34(54)18-44/h7-8,11-14,21,23,26-27,30-33,38,53H,3-6,9-10,15-20H2,1-2H3,(H,49,54)(H,50,58)(H,51,55)(H,56,57)/t21?,23?,26-,27-,30-,31-,32-,33+,38+,40-,41-,42-,43-/m0/s1. The van der Waals surface area contributed by atoms with Crippen molar-refractivity contribution in [1.82, 2.24) is 16.0 Å². The second-order valence-electron chi connectivity index (χ2n) is 17.7. The summed E-state index contributed by atoms with van der Waals surface area (Å²) in [7, 11) is 0. The Bertz CT molecular complexity index is 2090. The number of ether oxygens (including phenoxy) is 3. The molecule has 1 aromatic rings. The lowest BCUT2D eigenvalue weighted by Crippen LogP contribution is -2.70. The van der Waals surface area contributed by atoms with E-state index in [9.17, 15) is 38.3 Å². The molecule has 7 rings (SSSR count). The SMILES string of the molecule is C[C@]12C=CC(=O)C=C1[C@@H](F)C[C@H]1[C@@H]3C[C@H]4O[C@@H](c5ccc(OC6CCC(NC(=O)[C@H](CCC(=O)O)NC(=O)CNC(=O)CBr)CC6)cc5F)O[C@@]4(C(=O)SCF)[C@@]3(C)C[C@H](O)[C@@]12F. The van der Waals surface area contributed by atoms with Crippen molar-refractivity contribution in [1.29, 1.82) is 0 Å². The molecule has 0 radical (unpaired) electrons. The van der Waals surface area contributed by atoms with Gasteiger partial charge in [0.25, 0.3) is 0 Å². The van der Waals surface area contributed by atoms with Gasteiger partial charge in [-0.05, 0) is 94.1 Å². The van der Waals surface area contributed by atoms with Crippen LogP contribution >= 0.6 is 27.7 Å². The highest BCUT2D eigenvalue weighted by atomic mass is 79.9. The van der Waals surface area contributed by atoms with E-state index in [1.165, 1.54) is 25.1 Å². The van der Waals surface area contributed by atoms with Gasteiger partial charge in [-0.15, -0.1) is 0 Å². The molecule has 20 heteroatoms. The number of amides is 3. The summed E-state index contributed by atoms with van der Waals surface area (Å²) in [5.41, 5.74) is -7.62. The van der Waals surface area contributed by atoms with Crippen LogP contribution in [0.4, 0.5) is 17.6 Å². The highest BCUT2D eigenvalue weighted by molar-refractivity contribution is 9.09. The smallest absolute Gasteiger partial charge is 0.303 e. The van der Waals surface area contributed by atoms with Crippen LogP contribution in [0.3, 0.4) is 0 Å². The molecule has 3 amide bonds. The van der Waals surface area contributed by atoms with E-state index in [2.05, 4.69) is 31.9 Å². The molecule has 1 saturated heterocycles. The van der Waals surface area contributed by atoms with Crippen LogP contribution in [0.5, 0.6) is 5.75 Å². The van der Waals surface area contributed by atoms with E-state index in [1.807, 2.05) is 0 Å². The molecule has 63 heavy (non-hydrogen) atoms. The summed E-state index contributed by atoms with van der Waals surface area (Å²) in [6.07, 6.45) is -2.39. The summed E-state index contributed by atoms with van der Waals surface area (Å²) in [6.45, 7) is 2.69. The molecule has 1 heterocycles. The van der Waals surface area contributed by atoms with E-state index in [4.69, 9.17) is 19.3 Å². The number of carbonyl (C=O) groups is 6. The largest absolute Gasteiger partial charge is 0.490 e. The van der Waals surface area contributed by atoms with Crippen LogP contribution in [-0.4, -0.2) is 111 Å². The fourth-order valence-corrected chi connectivity index (χ4v) is 12.1. The van der Waals surface area contributed by atoms with Gasteiger partial charge >= 0.3 is 5.97 Å². The fourth-order valence-electron chi connectivity index (χ4n) is 11.2. The number of carbonyl (C=O) groups excluding carboxylic acids is 5. The minimum Gasteiger partial charge on any atom is -0.490 e. The number of aliphatic hydroxyl groups is 1. The Morgan fingerprint density at radius 3 is 2.48 bits per heavy atom. The zero-order valence-corrected chi connectivity index (χ0v) is 36.9. The molecule has 4 saturated carbocycles. The number of allylic oxidation sites excluding steroid dienone is 4. The quantitative estimate of drug-likeness (QED) is 0.127. The second-order valence-corrected chi connectivity index (χ2v) is 19.1. The maximum absolute atomic E-state index is 17.8. The number of hydrogen-bond donors (Lipinski definition) is 5. The molecule has 0 spiro atoms. The van der Waals surface area contributed by atoms with Crippen molar-refractivity contribution in [2.45, 2.75) is 126 Å². The normalized spacial score (nSPS) is 37.0. The van der Waals surface area contributed by atoms with Gasteiger partial charge in [0, 0.05) is 40.8 Å². The molecule has 14 nitrogen and oxygen atoms in total. The molecule has 6 aliphatic rings. The molecule has 5 N–H and O–H groups in total. The Labute approximate surface area is 373 Å². The average molecular weight is 973 g/mol. The fraction of sp³-hybridized carbons (Fsp3) is 0.628. The van der Waals surface area contributed by atoms with E-state index in [1.54, 1.807) is 6.92 Å². The van der Waals surface area contributed by atoms with Crippen molar-refractivity contribution in [3.8, 4) is 5.75 Å².